The Kier molecular flexibility index (Phi) is 3.73. The summed E-state index contributed by atoms with van der Waals surface area (Å²) in [5, 5.41) is 6.61. The van der Waals surface area contributed by atoms with Crippen molar-refractivity contribution in [1.29, 1.82) is 0 Å². The van der Waals surface area contributed by atoms with E-state index in [1.807, 2.05) is 60.7 Å². The predicted molar refractivity (Wildman–Crippen MR) is 78.5 cm³/mol. The van der Waals surface area contributed by atoms with Crippen molar-refractivity contribution in [1.82, 2.24) is 10.1 Å². The SMILES string of the molecule is O=C(Cc1noc(-c2ccccc2)n1)Nc1ccccc1. The van der Waals surface area contributed by atoms with Crippen molar-refractivity contribution in [2.45, 2.75) is 6.42 Å². The molecule has 2 aromatic carbocycles. The number of benzene rings is 2. The molecule has 104 valence electrons. The first-order valence-corrected chi connectivity index (χ1v) is 6.54. The first-order valence-electron chi connectivity index (χ1n) is 6.54. The Morgan fingerprint density at radius 1 is 1.00 bits per heavy atom. The molecular formula is C16H13N3O2. The van der Waals surface area contributed by atoms with E-state index in [9.17, 15) is 4.79 Å². The Hall–Kier alpha value is -2.95. The van der Waals surface area contributed by atoms with Gasteiger partial charge in [-0.3, -0.25) is 4.79 Å². The van der Waals surface area contributed by atoms with Crippen molar-refractivity contribution in [3.8, 4) is 11.5 Å². The zero-order valence-electron chi connectivity index (χ0n) is 11.2. The molecule has 0 spiro atoms. The summed E-state index contributed by atoms with van der Waals surface area (Å²) >= 11 is 0. The van der Waals surface area contributed by atoms with E-state index in [-0.39, 0.29) is 12.3 Å². The molecule has 0 aliphatic heterocycles. The molecule has 0 radical (unpaired) electrons. The van der Waals surface area contributed by atoms with E-state index in [0.29, 0.717) is 11.7 Å². The quantitative estimate of drug-likeness (QED) is 0.797. The topological polar surface area (TPSA) is 68.0 Å². The Morgan fingerprint density at radius 2 is 1.67 bits per heavy atom. The molecule has 0 saturated carbocycles. The van der Waals surface area contributed by atoms with E-state index in [0.717, 1.165) is 11.3 Å². The predicted octanol–water partition coefficient (Wildman–Crippen LogP) is 2.92. The molecule has 1 amide bonds. The lowest BCUT2D eigenvalue weighted by atomic mass is 10.2. The summed E-state index contributed by atoms with van der Waals surface area (Å²) in [6.07, 6.45) is 0.0746. The largest absolute Gasteiger partial charge is 0.334 e. The van der Waals surface area contributed by atoms with Crippen LogP contribution >= 0.6 is 0 Å². The number of nitrogens with zero attached hydrogens (tertiary/aromatic N) is 2. The molecule has 1 aromatic heterocycles. The molecule has 1 N–H and O–H groups in total. The number of rotatable bonds is 4. The van der Waals surface area contributed by atoms with Crippen LogP contribution in [0.1, 0.15) is 5.82 Å². The van der Waals surface area contributed by atoms with Gasteiger partial charge in [-0.25, -0.2) is 0 Å². The van der Waals surface area contributed by atoms with Gasteiger partial charge in [0.1, 0.15) is 0 Å². The first kappa shape index (κ1) is 13.1. The van der Waals surface area contributed by atoms with E-state index in [4.69, 9.17) is 4.52 Å². The van der Waals surface area contributed by atoms with Gasteiger partial charge in [0.2, 0.25) is 5.91 Å². The third kappa shape index (κ3) is 3.33. The van der Waals surface area contributed by atoms with Crippen molar-refractivity contribution in [3.63, 3.8) is 0 Å². The van der Waals surface area contributed by atoms with Crippen LogP contribution < -0.4 is 5.32 Å². The van der Waals surface area contributed by atoms with Crippen molar-refractivity contribution >= 4 is 11.6 Å². The van der Waals surface area contributed by atoms with Gasteiger partial charge in [-0.05, 0) is 24.3 Å². The van der Waals surface area contributed by atoms with Gasteiger partial charge in [-0.1, -0.05) is 41.6 Å². The summed E-state index contributed by atoms with van der Waals surface area (Å²) in [5.41, 5.74) is 1.58. The van der Waals surface area contributed by atoms with Gasteiger partial charge in [0.15, 0.2) is 5.82 Å². The second kappa shape index (κ2) is 6.00. The second-order valence-corrected chi connectivity index (χ2v) is 4.47. The minimum Gasteiger partial charge on any atom is -0.334 e. The molecule has 3 rings (SSSR count). The van der Waals surface area contributed by atoms with Crippen molar-refractivity contribution in [3.05, 3.63) is 66.5 Å². The number of carbonyl (C=O) groups excluding carboxylic acids is 1. The highest BCUT2D eigenvalue weighted by Gasteiger charge is 2.12. The van der Waals surface area contributed by atoms with Crippen LogP contribution in [0.5, 0.6) is 0 Å². The van der Waals surface area contributed by atoms with Gasteiger partial charge in [-0.2, -0.15) is 4.98 Å². The lowest BCUT2D eigenvalue weighted by Crippen LogP contribution is -2.15. The highest BCUT2D eigenvalue weighted by molar-refractivity contribution is 5.91. The number of nitrogens with one attached hydrogen (secondary N) is 1. The lowest BCUT2D eigenvalue weighted by Gasteiger charge is -2.01. The monoisotopic (exact) mass is 279 g/mol. The Labute approximate surface area is 121 Å². The number of amides is 1. The normalized spacial score (nSPS) is 10.3. The summed E-state index contributed by atoms with van der Waals surface area (Å²) in [6, 6.07) is 18.7. The molecule has 0 bridgehead atoms. The molecule has 21 heavy (non-hydrogen) atoms. The fraction of sp³-hybridized carbons (Fsp3) is 0.0625. The minimum atomic E-state index is -0.179. The molecule has 5 nitrogen and oxygen atoms in total. The van der Waals surface area contributed by atoms with E-state index in [1.54, 1.807) is 0 Å². The molecule has 1 heterocycles. The molecule has 3 aromatic rings. The molecule has 0 atom stereocenters. The van der Waals surface area contributed by atoms with Crippen molar-refractivity contribution in [2.75, 3.05) is 5.32 Å². The highest BCUT2D eigenvalue weighted by atomic mass is 16.5. The van der Waals surface area contributed by atoms with E-state index in [1.165, 1.54) is 0 Å². The second-order valence-electron chi connectivity index (χ2n) is 4.47. The zero-order chi connectivity index (χ0) is 14.5. The van der Waals surface area contributed by atoms with Gasteiger partial charge in [-0.15, -0.1) is 0 Å². The van der Waals surface area contributed by atoms with Crippen LogP contribution in [0, 0.1) is 0 Å². The van der Waals surface area contributed by atoms with Crippen molar-refractivity contribution in [2.24, 2.45) is 0 Å². The number of para-hydroxylation sites is 1. The molecule has 0 aliphatic carbocycles. The van der Waals surface area contributed by atoms with Crippen molar-refractivity contribution < 1.29 is 9.32 Å². The maximum absolute atomic E-state index is 11.9. The number of aromatic nitrogens is 2. The molecule has 5 heteroatoms. The van der Waals surface area contributed by atoms with Gasteiger partial charge in [0, 0.05) is 11.3 Å². The van der Waals surface area contributed by atoms with Crippen LogP contribution in [0.25, 0.3) is 11.5 Å². The summed E-state index contributed by atoms with van der Waals surface area (Å²) < 4.78 is 5.16. The van der Waals surface area contributed by atoms with Crippen LogP contribution in [0.15, 0.2) is 65.2 Å². The van der Waals surface area contributed by atoms with Crippen LogP contribution in [-0.4, -0.2) is 16.0 Å². The smallest absolute Gasteiger partial charge is 0.257 e. The van der Waals surface area contributed by atoms with Gasteiger partial charge in [0.05, 0.1) is 6.42 Å². The minimum absolute atomic E-state index is 0.0746. The Morgan fingerprint density at radius 3 is 2.38 bits per heavy atom. The standard InChI is InChI=1S/C16H13N3O2/c20-15(17-13-9-5-2-6-10-13)11-14-18-16(21-19-14)12-7-3-1-4-8-12/h1-10H,11H2,(H,17,20). The van der Waals surface area contributed by atoms with Crippen LogP contribution in [-0.2, 0) is 11.2 Å². The molecule has 0 unspecified atom stereocenters. The average Bonchev–Trinajstić information content (AvgIpc) is 2.97. The molecule has 0 aliphatic rings. The lowest BCUT2D eigenvalue weighted by molar-refractivity contribution is -0.115. The molecule has 0 fully saturated rings. The Balaban J connectivity index is 1.66. The fourth-order valence-electron chi connectivity index (χ4n) is 1.89. The number of carbonyl (C=O) groups is 1. The fourth-order valence-corrected chi connectivity index (χ4v) is 1.89. The maximum atomic E-state index is 11.9. The van der Waals surface area contributed by atoms with Gasteiger partial charge in [0.25, 0.3) is 5.89 Å². The third-order valence-electron chi connectivity index (χ3n) is 2.87. The first-order chi connectivity index (χ1) is 10.3. The summed E-state index contributed by atoms with van der Waals surface area (Å²) in [5.74, 6) is 0.599. The zero-order valence-corrected chi connectivity index (χ0v) is 11.2. The van der Waals surface area contributed by atoms with E-state index in [2.05, 4.69) is 15.5 Å². The summed E-state index contributed by atoms with van der Waals surface area (Å²) in [4.78, 5) is 16.1. The van der Waals surface area contributed by atoms with Gasteiger partial charge < -0.3 is 9.84 Å². The number of anilines is 1. The van der Waals surface area contributed by atoms with Crippen LogP contribution in [0.4, 0.5) is 5.69 Å². The van der Waals surface area contributed by atoms with Crippen LogP contribution in [0.3, 0.4) is 0 Å². The van der Waals surface area contributed by atoms with Crippen LogP contribution in [0.2, 0.25) is 0 Å². The third-order valence-corrected chi connectivity index (χ3v) is 2.87. The number of hydrogen-bond acceptors (Lipinski definition) is 4. The van der Waals surface area contributed by atoms with E-state index >= 15 is 0 Å². The maximum Gasteiger partial charge on any atom is 0.257 e. The summed E-state index contributed by atoms with van der Waals surface area (Å²) in [6.45, 7) is 0. The highest BCUT2D eigenvalue weighted by Crippen LogP contribution is 2.16. The number of hydrogen-bond donors (Lipinski definition) is 1. The average molecular weight is 279 g/mol. The molecular weight excluding hydrogens is 266 g/mol. The van der Waals surface area contributed by atoms with Gasteiger partial charge >= 0.3 is 0 Å². The molecule has 0 saturated heterocycles. The Bertz CT molecular complexity index is 724. The van der Waals surface area contributed by atoms with E-state index < -0.39 is 0 Å². The summed E-state index contributed by atoms with van der Waals surface area (Å²) in [7, 11) is 0.